The largest absolute Gasteiger partial charge is 0.484 e. The van der Waals surface area contributed by atoms with Crippen molar-refractivity contribution in [1.29, 1.82) is 0 Å². The first-order chi connectivity index (χ1) is 13.7. The van der Waals surface area contributed by atoms with Crippen molar-refractivity contribution in [2.45, 2.75) is 19.5 Å². The van der Waals surface area contributed by atoms with Gasteiger partial charge in [0.05, 0.1) is 16.3 Å². The van der Waals surface area contributed by atoms with Crippen LogP contribution in [0.25, 0.3) is 11.0 Å². The molecule has 0 saturated carbocycles. The van der Waals surface area contributed by atoms with Crippen molar-refractivity contribution in [2.75, 3.05) is 11.9 Å². The second-order valence-electron chi connectivity index (χ2n) is 6.10. The molecule has 1 aromatic heterocycles. The Hall–Kier alpha value is -3.00. The first kappa shape index (κ1) is 20.7. The van der Waals surface area contributed by atoms with E-state index < -0.39 is 35.6 Å². The van der Waals surface area contributed by atoms with E-state index in [1.165, 1.54) is 18.2 Å². The molecule has 0 aliphatic rings. The number of ether oxygens (including phenoxy) is 1. The minimum Gasteiger partial charge on any atom is -0.484 e. The smallest absolute Gasteiger partial charge is 0.418 e. The van der Waals surface area contributed by atoms with Gasteiger partial charge < -0.3 is 14.5 Å². The molecule has 0 radical (unpaired) electrons. The fourth-order valence-electron chi connectivity index (χ4n) is 2.80. The van der Waals surface area contributed by atoms with Crippen molar-refractivity contribution in [2.24, 2.45) is 0 Å². The molecule has 5 nitrogen and oxygen atoms in total. The number of rotatable bonds is 5. The number of hydrogen-bond donors (Lipinski definition) is 1. The average molecular weight is 426 g/mol. The summed E-state index contributed by atoms with van der Waals surface area (Å²) in [6.45, 7) is 1.33. The second kappa shape index (κ2) is 8.16. The van der Waals surface area contributed by atoms with Gasteiger partial charge in [-0.05, 0) is 36.2 Å². The van der Waals surface area contributed by atoms with E-state index in [2.05, 4.69) is 5.32 Å². The van der Waals surface area contributed by atoms with Gasteiger partial charge in [-0.15, -0.1) is 0 Å². The molecule has 0 aliphatic carbocycles. The van der Waals surface area contributed by atoms with Crippen LogP contribution in [0.1, 0.15) is 18.1 Å². The number of para-hydroxylation sites is 1. The summed E-state index contributed by atoms with van der Waals surface area (Å²) in [6.07, 6.45) is -4.05. The van der Waals surface area contributed by atoms with Crippen LogP contribution in [0.3, 0.4) is 0 Å². The fourth-order valence-corrected chi connectivity index (χ4v) is 3.03. The van der Waals surface area contributed by atoms with E-state index in [4.69, 9.17) is 20.8 Å². The van der Waals surface area contributed by atoms with Crippen molar-refractivity contribution in [3.8, 4) is 5.75 Å². The third-order valence-electron chi connectivity index (χ3n) is 4.14. The fraction of sp³-hybridized carbons (Fsp3) is 0.200. The number of carbonyl (C=O) groups is 1. The van der Waals surface area contributed by atoms with E-state index in [0.717, 1.165) is 23.1 Å². The highest BCUT2D eigenvalue weighted by molar-refractivity contribution is 6.34. The minimum absolute atomic E-state index is 0.222. The molecule has 0 fully saturated rings. The molecule has 1 amide bonds. The molecular formula is C20H15ClF3NO4. The van der Waals surface area contributed by atoms with Gasteiger partial charge in [-0.1, -0.05) is 24.6 Å². The Balaban J connectivity index is 1.76. The third kappa shape index (κ3) is 4.71. The van der Waals surface area contributed by atoms with Crippen LogP contribution in [0.4, 0.5) is 18.9 Å². The summed E-state index contributed by atoms with van der Waals surface area (Å²) in [5.74, 6) is -0.605. The van der Waals surface area contributed by atoms with Crippen LogP contribution in [0.15, 0.2) is 51.7 Å². The van der Waals surface area contributed by atoms with Gasteiger partial charge in [-0.3, -0.25) is 4.79 Å². The van der Waals surface area contributed by atoms with Gasteiger partial charge in [0.25, 0.3) is 5.91 Å². The quantitative estimate of drug-likeness (QED) is 0.581. The highest BCUT2D eigenvalue weighted by Crippen LogP contribution is 2.38. The van der Waals surface area contributed by atoms with Gasteiger partial charge in [-0.2, -0.15) is 13.2 Å². The molecule has 0 unspecified atom stereocenters. The van der Waals surface area contributed by atoms with Gasteiger partial charge >= 0.3 is 11.8 Å². The maximum atomic E-state index is 13.1. The van der Waals surface area contributed by atoms with Crippen molar-refractivity contribution >= 4 is 34.2 Å². The van der Waals surface area contributed by atoms with Crippen molar-refractivity contribution in [1.82, 2.24) is 0 Å². The monoisotopic (exact) mass is 425 g/mol. The Morgan fingerprint density at radius 1 is 1.21 bits per heavy atom. The van der Waals surface area contributed by atoms with E-state index in [1.807, 2.05) is 6.92 Å². The summed E-state index contributed by atoms with van der Waals surface area (Å²) in [7, 11) is 0. The zero-order valence-corrected chi connectivity index (χ0v) is 15.9. The zero-order chi connectivity index (χ0) is 21.2. The van der Waals surface area contributed by atoms with Crippen molar-refractivity contribution in [3.05, 3.63) is 69.0 Å². The van der Waals surface area contributed by atoms with Crippen LogP contribution in [0.5, 0.6) is 5.75 Å². The van der Waals surface area contributed by atoms with E-state index in [9.17, 15) is 22.8 Å². The summed E-state index contributed by atoms with van der Waals surface area (Å²) < 4.78 is 49.8. The molecule has 0 atom stereocenters. The number of nitrogens with one attached hydrogen (secondary N) is 1. The van der Waals surface area contributed by atoms with E-state index in [0.29, 0.717) is 6.42 Å². The molecule has 0 saturated heterocycles. The normalized spacial score (nSPS) is 11.5. The predicted octanol–water partition coefficient (Wildman–Crippen LogP) is 5.05. The van der Waals surface area contributed by atoms with Crippen LogP contribution >= 0.6 is 11.6 Å². The van der Waals surface area contributed by atoms with E-state index >= 15 is 0 Å². The number of alkyl halides is 3. The number of amides is 1. The molecule has 152 valence electrons. The topological polar surface area (TPSA) is 68.5 Å². The second-order valence-corrected chi connectivity index (χ2v) is 6.51. The van der Waals surface area contributed by atoms with E-state index in [1.54, 1.807) is 12.1 Å². The SMILES string of the molecule is CCc1cc(=O)oc2cc(OCC(=O)Nc3c(Cl)cccc3C(F)(F)F)ccc12. The van der Waals surface area contributed by atoms with E-state index in [-0.39, 0.29) is 16.4 Å². The lowest BCUT2D eigenvalue weighted by Crippen LogP contribution is -2.22. The van der Waals surface area contributed by atoms with Crippen molar-refractivity contribution in [3.63, 3.8) is 0 Å². The molecular weight excluding hydrogens is 411 g/mol. The van der Waals surface area contributed by atoms with Crippen LogP contribution in [0, 0.1) is 0 Å². The lowest BCUT2D eigenvalue weighted by Gasteiger charge is -2.15. The number of carbonyl (C=O) groups excluding carboxylic acids is 1. The molecule has 2 aromatic carbocycles. The van der Waals surface area contributed by atoms with Crippen molar-refractivity contribution < 1.29 is 27.1 Å². The van der Waals surface area contributed by atoms with Crippen LogP contribution < -0.4 is 15.7 Å². The highest BCUT2D eigenvalue weighted by atomic mass is 35.5. The summed E-state index contributed by atoms with van der Waals surface area (Å²) in [4.78, 5) is 23.7. The lowest BCUT2D eigenvalue weighted by molar-refractivity contribution is -0.137. The Kier molecular flexibility index (Phi) is 5.83. The summed E-state index contributed by atoms with van der Waals surface area (Å²) in [5.41, 5.74) is -1.01. The number of halogens is 4. The first-order valence-corrected chi connectivity index (χ1v) is 8.92. The molecule has 0 bridgehead atoms. The van der Waals surface area contributed by atoms with Crippen LogP contribution in [-0.4, -0.2) is 12.5 Å². The Morgan fingerprint density at radius 3 is 2.66 bits per heavy atom. The van der Waals surface area contributed by atoms with Gasteiger partial charge in [0.1, 0.15) is 11.3 Å². The molecule has 0 spiro atoms. The molecule has 1 heterocycles. The first-order valence-electron chi connectivity index (χ1n) is 8.54. The Morgan fingerprint density at radius 2 is 1.97 bits per heavy atom. The lowest BCUT2D eigenvalue weighted by atomic mass is 10.1. The number of benzene rings is 2. The maximum Gasteiger partial charge on any atom is 0.418 e. The highest BCUT2D eigenvalue weighted by Gasteiger charge is 2.34. The molecule has 29 heavy (non-hydrogen) atoms. The van der Waals surface area contributed by atoms with Gasteiger partial charge in [-0.25, -0.2) is 4.79 Å². The van der Waals surface area contributed by atoms with Gasteiger partial charge in [0.2, 0.25) is 0 Å². The number of hydrogen-bond acceptors (Lipinski definition) is 4. The standard InChI is InChI=1S/C20H15ClF3NO4/c1-2-11-8-18(27)29-16-9-12(6-7-13(11)16)28-10-17(26)25-19-14(20(22,23)24)4-3-5-15(19)21/h3-9H,2,10H2,1H3,(H,25,26). The molecule has 3 rings (SSSR count). The maximum absolute atomic E-state index is 13.1. The molecule has 1 N–H and O–H groups in total. The number of fused-ring (bicyclic) bond motifs is 1. The number of anilines is 1. The Labute approximate surface area is 168 Å². The summed E-state index contributed by atoms with van der Waals surface area (Å²) in [6, 6.07) is 9.30. The van der Waals surface area contributed by atoms with Gasteiger partial charge in [0.15, 0.2) is 6.61 Å². The minimum atomic E-state index is -4.68. The van der Waals surface area contributed by atoms with Gasteiger partial charge in [0, 0.05) is 17.5 Å². The van der Waals surface area contributed by atoms with Crippen LogP contribution in [0.2, 0.25) is 5.02 Å². The molecule has 9 heteroatoms. The summed E-state index contributed by atoms with van der Waals surface area (Å²) in [5, 5.41) is 2.62. The average Bonchev–Trinajstić information content (AvgIpc) is 2.66. The molecule has 3 aromatic rings. The predicted molar refractivity (Wildman–Crippen MR) is 102 cm³/mol. The molecule has 0 aliphatic heterocycles. The summed E-state index contributed by atoms with van der Waals surface area (Å²) >= 11 is 5.81. The van der Waals surface area contributed by atoms with Crippen LogP contribution in [-0.2, 0) is 17.4 Å². The Bertz CT molecular complexity index is 1120. The number of aryl methyl sites for hydroxylation is 1. The third-order valence-corrected chi connectivity index (χ3v) is 4.45. The zero-order valence-electron chi connectivity index (χ0n) is 15.1.